The Morgan fingerprint density at radius 2 is 1.83 bits per heavy atom. The zero-order chi connectivity index (χ0) is 14.0. The van der Waals surface area contributed by atoms with Gasteiger partial charge in [0, 0.05) is 13.1 Å². The van der Waals surface area contributed by atoms with Gasteiger partial charge in [-0.3, -0.25) is 4.79 Å². The summed E-state index contributed by atoms with van der Waals surface area (Å²) < 4.78 is 0. The third kappa shape index (κ3) is 5.36. The van der Waals surface area contributed by atoms with Crippen LogP contribution in [0.15, 0.2) is 0 Å². The van der Waals surface area contributed by atoms with Gasteiger partial charge in [-0.25, -0.2) is 0 Å². The quantitative estimate of drug-likeness (QED) is 0.597. The molecule has 0 heterocycles. The van der Waals surface area contributed by atoms with E-state index < -0.39 is 11.5 Å². The summed E-state index contributed by atoms with van der Waals surface area (Å²) in [6.07, 6.45) is 3.35. The monoisotopic (exact) mass is 258 g/mol. The van der Waals surface area contributed by atoms with Gasteiger partial charge < -0.3 is 15.3 Å². The number of aliphatic carboxylic acids is 1. The molecule has 108 valence electrons. The molecule has 4 nitrogen and oxygen atoms in total. The highest BCUT2D eigenvalue weighted by Gasteiger charge is 2.35. The van der Waals surface area contributed by atoms with E-state index in [0.29, 0.717) is 12.8 Å². The van der Waals surface area contributed by atoms with Crippen LogP contribution < -0.4 is 5.32 Å². The molecule has 0 bridgehead atoms. The molecule has 0 fully saturated rings. The molecule has 1 unspecified atom stereocenters. The van der Waals surface area contributed by atoms with Crippen molar-refractivity contribution in [1.29, 1.82) is 0 Å². The smallest absolute Gasteiger partial charge is 0.323 e. The highest BCUT2D eigenvalue weighted by atomic mass is 16.4. The summed E-state index contributed by atoms with van der Waals surface area (Å²) in [6.45, 7) is 12.0. The van der Waals surface area contributed by atoms with Crippen LogP contribution in [0.2, 0.25) is 0 Å². The predicted molar refractivity (Wildman–Crippen MR) is 76.0 cm³/mol. The van der Waals surface area contributed by atoms with Gasteiger partial charge in [-0.1, -0.05) is 40.5 Å². The van der Waals surface area contributed by atoms with E-state index >= 15 is 0 Å². The number of unbranched alkanes of at least 4 members (excludes halogenated alkanes) is 1. The van der Waals surface area contributed by atoms with E-state index in [0.717, 1.165) is 39.0 Å². The summed E-state index contributed by atoms with van der Waals surface area (Å²) in [5.74, 6) is -0.710. The minimum absolute atomic E-state index is 0.639. The normalized spacial score (nSPS) is 14.7. The van der Waals surface area contributed by atoms with Gasteiger partial charge >= 0.3 is 5.97 Å². The summed E-state index contributed by atoms with van der Waals surface area (Å²) >= 11 is 0. The van der Waals surface area contributed by atoms with Crippen LogP contribution in [0.4, 0.5) is 0 Å². The van der Waals surface area contributed by atoms with E-state index in [1.165, 1.54) is 0 Å². The standard InChI is InChI=1S/C14H30N2O2/c1-5-9-10-14(6-2,13(17)18)15-11-12-16(7-3)8-4/h15H,5-12H2,1-4H3,(H,17,18). The zero-order valence-electron chi connectivity index (χ0n) is 12.5. The number of carboxylic acids is 1. The zero-order valence-corrected chi connectivity index (χ0v) is 12.5. The molecule has 0 aromatic heterocycles. The fourth-order valence-corrected chi connectivity index (χ4v) is 2.20. The van der Waals surface area contributed by atoms with E-state index in [2.05, 4.69) is 31.0 Å². The maximum atomic E-state index is 11.5. The summed E-state index contributed by atoms with van der Waals surface area (Å²) in [6, 6.07) is 0. The Bertz CT molecular complexity index is 230. The Hall–Kier alpha value is -0.610. The Balaban J connectivity index is 4.36. The van der Waals surface area contributed by atoms with Gasteiger partial charge in [0.25, 0.3) is 0 Å². The van der Waals surface area contributed by atoms with Gasteiger partial charge in [-0.2, -0.15) is 0 Å². The Morgan fingerprint density at radius 3 is 2.22 bits per heavy atom. The lowest BCUT2D eigenvalue weighted by molar-refractivity contribution is -0.145. The van der Waals surface area contributed by atoms with Gasteiger partial charge in [0.15, 0.2) is 0 Å². The van der Waals surface area contributed by atoms with Gasteiger partial charge in [-0.05, 0) is 25.9 Å². The molecule has 0 aliphatic rings. The molecule has 0 rings (SSSR count). The van der Waals surface area contributed by atoms with Crippen molar-refractivity contribution in [1.82, 2.24) is 10.2 Å². The van der Waals surface area contributed by atoms with Crippen molar-refractivity contribution < 1.29 is 9.90 Å². The molecule has 0 amide bonds. The van der Waals surface area contributed by atoms with Crippen molar-refractivity contribution >= 4 is 5.97 Å². The molecular formula is C14H30N2O2. The second kappa shape index (κ2) is 9.34. The Kier molecular flexibility index (Phi) is 9.02. The van der Waals surface area contributed by atoms with Crippen LogP contribution in [0.3, 0.4) is 0 Å². The first kappa shape index (κ1) is 17.4. The molecule has 1 atom stereocenters. The molecule has 2 N–H and O–H groups in total. The SMILES string of the molecule is CCCCC(CC)(NCCN(CC)CC)C(=O)O. The van der Waals surface area contributed by atoms with E-state index in [1.807, 2.05) is 6.92 Å². The van der Waals surface area contributed by atoms with Gasteiger partial charge in [0.1, 0.15) is 5.54 Å². The van der Waals surface area contributed by atoms with Crippen molar-refractivity contribution in [3.8, 4) is 0 Å². The number of hydrogen-bond acceptors (Lipinski definition) is 3. The summed E-state index contributed by atoms with van der Waals surface area (Å²) in [5.41, 5.74) is -0.733. The average molecular weight is 258 g/mol. The first-order valence-electron chi connectivity index (χ1n) is 7.27. The number of nitrogens with one attached hydrogen (secondary N) is 1. The van der Waals surface area contributed by atoms with Crippen LogP contribution in [0, 0.1) is 0 Å². The van der Waals surface area contributed by atoms with Crippen LogP contribution in [0.5, 0.6) is 0 Å². The van der Waals surface area contributed by atoms with Gasteiger partial charge in [-0.15, -0.1) is 0 Å². The molecule has 0 radical (unpaired) electrons. The van der Waals surface area contributed by atoms with Crippen molar-refractivity contribution in [2.45, 2.75) is 58.9 Å². The van der Waals surface area contributed by atoms with Crippen LogP contribution in [0.25, 0.3) is 0 Å². The predicted octanol–water partition coefficient (Wildman–Crippen LogP) is 2.34. The Morgan fingerprint density at radius 1 is 1.22 bits per heavy atom. The lowest BCUT2D eigenvalue weighted by Crippen LogP contribution is -2.53. The molecule has 0 aromatic carbocycles. The molecule has 0 spiro atoms. The van der Waals surface area contributed by atoms with Crippen molar-refractivity contribution in [2.75, 3.05) is 26.2 Å². The van der Waals surface area contributed by atoms with E-state index in [9.17, 15) is 9.90 Å². The number of carbonyl (C=O) groups is 1. The lowest BCUT2D eigenvalue weighted by Gasteiger charge is -2.31. The fourth-order valence-electron chi connectivity index (χ4n) is 2.20. The minimum atomic E-state index is -0.733. The van der Waals surface area contributed by atoms with Crippen molar-refractivity contribution in [2.24, 2.45) is 0 Å². The van der Waals surface area contributed by atoms with Gasteiger partial charge in [0.2, 0.25) is 0 Å². The topological polar surface area (TPSA) is 52.6 Å². The van der Waals surface area contributed by atoms with Crippen LogP contribution >= 0.6 is 0 Å². The molecular weight excluding hydrogens is 228 g/mol. The van der Waals surface area contributed by atoms with Crippen molar-refractivity contribution in [3.05, 3.63) is 0 Å². The van der Waals surface area contributed by atoms with Gasteiger partial charge in [0.05, 0.1) is 0 Å². The fraction of sp³-hybridized carbons (Fsp3) is 0.929. The summed E-state index contributed by atoms with van der Waals surface area (Å²) in [5, 5.41) is 12.7. The number of likely N-dealkylation sites (N-methyl/N-ethyl adjacent to an activating group) is 1. The number of hydrogen-bond donors (Lipinski definition) is 2. The highest BCUT2D eigenvalue weighted by Crippen LogP contribution is 2.19. The molecule has 18 heavy (non-hydrogen) atoms. The lowest BCUT2D eigenvalue weighted by atomic mass is 9.89. The second-order valence-electron chi connectivity index (χ2n) is 4.80. The van der Waals surface area contributed by atoms with E-state index in [4.69, 9.17) is 0 Å². The highest BCUT2D eigenvalue weighted by molar-refractivity contribution is 5.78. The summed E-state index contributed by atoms with van der Waals surface area (Å²) in [4.78, 5) is 13.8. The molecule has 4 heteroatoms. The Labute approximate surface area is 112 Å². The van der Waals surface area contributed by atoms with Crippen LogP contribution in [0.1, 0.15) is 53.4 Å². The van der Waals surface area contributed by atoms with E-state index in [1.54, 1.807) is 0 Å². The maximum absolute atomic E-state index is 11.5. The first-order chi connectivity index (χ1) is 8.56. The number of nitrogens with zero attached hydrogens (tertiary/aromatic N) is 1. The van der Waals surface area contributed by atoms with Crippen LogP contribution in [-0.4, -0.2) is 47.7 Å². The molecule has 0 saturated heterocycles. The minimum Gasteiger partial charge on any atom is -0.480 e. The molecule has 0 saturated carbocycles. The van der Waals surface area contributed by atoms with Crippen molar-refractivity contribution in [3.63, 3.8) is 0 Å². The second-order valence-corrected chi connectivity index (χ2v) is 4.80. The van der Waals surface area contributed by atoms with E-state index in [-0.39, 0.29) is 0 Å². The number of carboxylic acid groups (broad SMARTS) is 1. The third-order valence-electron chi connectivity index (χ3n) is 3.76. The maximum Gasteiger partial charge on any atom is 0.323 e. The molecule has 0 aliphatic heterocycles. The van der Waals surface area contributed by atoms with Crippen LogP contribution in [-0.2, 0) is 4.79 Å². The molecule has 0 aromatic rings. The summed E-state index contributed by atoms with van der Waals surface area (Å²) in [7, 11) is 0. The first-order valence-corrected chi connectivity index (χ1v) is 7.27. The molecule has 0 aliphatic carbocycles. The average Bonchev–Trinajstić information content (AvgIpc) is 2.38. The largest absolute Gasteiger partial charge is 0.480 e. The third-order valence-corrected chi connectivity index (χ3v) is 3.76. The number of rotatable bonds is 11.